The van der Waals surface area contributed by atoms with Gasteiger partial charge in [0, 0.05) is 26.2 Å². The molecule has 3 rings (SSSR count). The molecule has 2 N–H and O–H groups in total. The van der Waals surface area contributed by atoms with Gasteiger partial charge in [-0.05, 0) is 36.7 Å². The number of carbonyl (C=O) groups excluding carboxylic acids is 2. The number of halogens is 1. The molecule has 25 heavy (non-hydrogen) atoms. The van der Waals surface area contributed by atoms with Crippen molar-refractivity contribution in [3.05, 3.63) is 46.0 Å². The minimum Gasteiger partial charge on any atom is -0.343 e. The number of piperazine rings is 1. The Morgan fingerprint density at radius 2 is 1.92 bits per heavy atom. The minimum absolute atomic E-state index is 0.106. The van der Waals surface area contributed by atoms with Gasteiger partial charge in [-0.3, -0.25) is 14.4 Å². The lowest BCUT2D eigenvalue weighted by Crippen LogP contribution is -2.50. The molecule has 1 aliphatic heterocycles. The number of nitrogens with one attached hydrogen (secondary N) is 2. The molecule has 0 unspecified atom stereocenters. The number of nitrogens with zero attached hydrogens (tertiary/aromatic N) is 2. The second kappa shape index (κ2) is 7.02. The highest BCUT2D eigenvalue weighted by atomic mass is 19.1. The number of hydrogen-bond donors (Lipinski definition) is 2. The van der Waals surface area contributed by atoms with Crippen molar-refractivity contribution in [1.82, 2.24) is 20.1 Å². The lowest BCUT2D eigenvalue weighted by molar-refractivity contribution is -0.131. The normalized spacial score (nSPS) is 15.4. The summed E-state index contributed by atoms with van der Waals surface area (Å²) >= 11 is 0. The lowest BCUT2D eigenvalue weighted by atomic mass is 10.1. The van der Waals surface area contributed by atoms with Crippen molar-refractivity contribution in [1.29, 1.82) is 0 Å². The monoisotopic (exact) mass is 346 g/mol. The third kappa shape index (κ3) is 3.85. The maximum Gasteiger partial charge on any atom is 0.261 e. The van der Waals surface area contributed by atoms with Gasteiger partial charge in [-0.2, -0.15) is 0 Å². The molecule has 1 aliphatic rings. The molecule has 1 fully saturated rings. The first-order valence-corrected chi connectivity index (χ1v) is 8.01. The number of likely N-dealkylation sites (N-methyl/N-ethyl adjacent to an activating group) is 1. The van der Waals surface area contributed by atoms with E-state index in [-0.39, 0.29) is 18.0 Å². The zero-order chi connectivity index (χ0) is 18.0. The van der Waals surface area contributed by atoms with Crippen molar-refractivity contribution in [3.63, 3.8) is 0 Å². The van der Waals surface area contributed by atoms with Crippen molar-refractivity contribution in [2.45, 2.75) is 0 Å². The van der Waals surface area contributed by atoms with Gasteiger partial charge in [-0.15, -0.1) is 0 Å². The average Bonchev–Trinajstić information content (AvgIpc) is 2.59. The van der Waals surface area contributed by atoms with E-state index in [0.29, 0.717) is 24.0 Å². The van der Waals surface area contributed by atoms with Gasteiger partial charge in [0.25, 0.3) is 11.5 Å². The first-order chi connectivity index (χ1) is 11.9. The molecule has 0 spiro atoms. The van der Waals surface area contributed by atoms with E-state index < -0.39 is 17.3 Å². The van der Waals surface area contributed by atoms with Crippen LogP contribution >= 0.6 is 0 Å². The molecule has 7 nitrogen and oxygen atoms in total. The van der Waals surface area contributed by atoms with Crippen LogP contribution in [0.25, 0.3) is 10.9 Å². The molecule has 1 aromatic heterocycles. The number of benzene rings is 1. The fraction of sp³-hybridized carbons (Fsp3) is 0.353. The van der Waals surface area contributed by atoms with Crippen molar-refractivity contribution < 1.29 is 14.0 Å². The third-order valence-electron chi connectivity index (χ3n) is 4.31. The van der Waals surface area contributed by atoms with Crippen LogP contribution in [-0.2, 0) is 4.79 Å². The molecule has 2 heterocycles. The van der Waals surface area contributed by atoms with Crippen LogP contribution in [0.4, 0.5) is 4.39 Å². The second-order valence-electron chi connectivity index (χ2n) is 6.11. The largest absolute Gasteiger partial charge is 0.343 e. The zero-order valence-electron chi connectivity index (χ0n) is 13.8. The van der Waals surface area contributed by atoms with Gasteiger partial charge in [-0.25, -0.2) is 4.39 Å². The molecule has 2 aromatic rings. The minimum atomic E-state index is -0.630. The van der Waals surface area contributed by atoms with Crippen LogP contribution in [-0.4, -0.2) is 66.4 Å². The van der Waals surface area contributed by atoms with Crippen molar-refractivity contribution >= 4 is 22.7 Å². The molecule has 132 valence electrons. The molecule has 0 saturated carbocycles. The number of aromatic amines is 1. The second-order valence-corrected chi connectivity index (χ2v) is 6.11. The number of pyridine rings is 1. The van der Waals surface area contributed by atoms with Gasteiger partial charge in [-0.1, -0.05) is 0 Å². The Morgan fingerprint density at radius 3 is 2.64 bits per heavy atom. The SMILES string of the molecule is CN1CCN(C(=O)CNC(=O)c2cc3ccc(F)cc3[nH]c2=O)CC1. The van der Waals surface area contributed by atoms with E-state index in [1.54, 1.807) is 4.90 Å². The molecule has 1 aromatic carbocycles. The summed E-state index contributed by atoms with van der Waals surface area (Å²) in [6, 6.07) is 5.31. The highest BCUT2D eigenvalue weighted by molar-refractivity contribution is 5.98. The Hall–Kier alpha value is -2.74. The van der Waals surface area contributed by atoms with Gasteiger partial charge in [0.2, 0.25) is 5.91 Å². The smallest absolute Gasteiger partial charge is 0.261 e. The summed E-state index contributed by atoms with van der Waals surface area (Å²) < 4.78 is 13.2. The number of hydrogen-bond acceptors (Lipinski definition) is 4. The van der Waals surface area contributed by atoms with Gasteiger partial charge < -0.3 is 20.1 Å². The summed E-state index contributed by atoms with van der Waals surface area (Å²) in [6.45, 7) is 2.66. The van der Waals surface area contributed by atoms with E-state index in [4.69, 9.17) is 0 Å². The Kier molecular flexibility index (Phi) is 4.80. The van der Waals surface area contributed by atoms with Crippen LogP contribution in [0.5, 0.6) is 0 Å². The van der Waals surface area contributed by atoms with Crippen LogP contribution in [0.1, 0.15) is 10.4 Å². The van der Waals surface area contributed by atoms with Crippen LogP contribution in [0.3, 0.4) is 0 Å². The van der Waals surface area contributed by atoms with E-state index in [1.165, 1.54) is 24.3 Å². The number of aromatic nitrogens is 1. The summed E-state index contributed by atoms with van der Waals surface area (Å²) in [5.41, 5.74) is -0.414. The predicted octanol–water partition coefficient (Wildman–Crippen LogP) is 0.171. The fourth-order valence-corrected chi connectivity index (χ4v) is 2.76. The molecular formula is C17H19FN4O3. The summed E-state index contributed by atoms with van der Waals surface area (Å²) in [6.07, 6.45) is 0. The number of fused-ring (bicyclic) bond motifs is 1. The Labute approximate surface area is 143 Å². The Morgan fingerprint density at radius 1 is 1.20 bits per heavy atom. The Bertz CT molecular complexity index is 872. The highest BCUT2D eigenvalue weighted by Gasteiger charge is 2.20. The molecule has 2 amide bonds. The number of rotatable bonds is 3. The van der Waals surface area contributed by atoms with Crippen LogP contribution in [0.15, 0.2) is 29.1 Å². The zero-order valence-corrected chi connectivity index (χ0v) is 13.8. The van der Waals surface area contributed by atoms with E-state index >= 15 is 0 Å². The van der Waals surface area contributed by atoms with Crippen molar-refractivity contribution in [3.8, 4) is 0 Å². The predicted molar refractivity (Wildman–Crippen MR) is 90.9 cm³/mol. The first-order valence-electron chi connectivity index (χ1n) is 8.01. The summed E-state index contributed by atoms with van der Waals surface area (Å²) in [7, 11) is 1.99. The summed E-state index contributed by atoms with van der Waals surface area (Å²) in [4.78, 5) is 42.7. The van der Waals surface area contributed by atoms with E-state index in [0.717, 1.165) is 13.1 Å². The van der Waals surface area contributed by atoms with E-state index in [1.807, 2.05) is 7.05 Å². The standard InChI is InChI=1S/C17H19FN4O3/c1-21-4-6-22(7-5-21)15(23)10-19-16(24)13-8-11-2-3-12(18)9-14(11)20-17(13)25/h2-3,8-9H,4-7,10H2,1H3,(H,19,24)(H,20,25). The number of H-pyrrole nitrogens is 1. The number of carbonyl (C=O) groups is 2. The molecular weight excluding hydrogens is 327 g/mol. The van der Waals surface area contributed by atoms with E-state index in [9.17, 15) is 18.8 Å². The quantitative estimate of drug-likeness (QED) is 0.830. The number of amides is 2. The lowest BCUT2D eigenvalue weighted by Gasteiger charge is -2.32. The summed E-state index contributed by atoms with van der Waals surface area (Å²) in [5, 5.41) is 3.02. The maximum atomic E-state index is 13.2. The molecule has 0 bridgehead atoms. The van der Waals surface area contributed by atoms with Gasteiger partial charge in [0.1, 0.15) is 11.4 Å². The van der Waals surface area contributed by atoms with Crippen LogP contribution in [0.2, 0.25) is 0 Å². The van der Waals surface area contributed by atoms with Crippen LogP contribution in [0, 0.1) is 5.82 Å². The van der Waals surface area contributed by atoms with Gasteiger partial charge in [0.05, 0.1) is 12.1 Å². The van der Waals surface area contributed by atoms with Crippen molar-refractivity contribution in [2.24, 2.45) is 0 Å². The molecule has 0 atom stereocenters. The fourth-order valence-electron chi connectivity index (χ4n) is 2.76. The molecule has 0 aliphatic carbocycles. The maximum absolute atomic E-state index is 13.2. The van der Waals surface area contributed by atoms with Crippen LogP contribution < -0.4 is 10.9 Å². The van der Waals surface area contributed by atoms with Crippen molar-refractivity contribution in [2.75, 3.05) is 39.8 Å². The van der Waals surface area contributed by atoms with E-state index in [2.05, 4.69) is 15.2 Å². The highest BCUT2D eigenvalue weighted by Crippen LogP contribution is 2.12. The Balaban J connectivity index is 1.68. The topological polar surface area (TPSA) is 85.5 Å². The first kappa shape index (κ1) is 17.1. The van der Waals surface area contributed by atoms with Gasteiger partial charge in [0.15, 0.2) is 0 Å². The molecule has 8 heteroatoms. The molecule has 1 saturated heterocycles. The van der Waals surface area contributed by atoms with Gasteiger partial charge >= 0.3 is 0 Å². The summed E-state index contributed by atoms with van der Waals surface area (Å²) in [5.74, 6) is -1.28. The average molecular weight is 346 g/mol. The third-order valence-corrected chi connectivity index (χ3v) is 4.31. The molecule has 0 radical (unpaired) electrons.